The van der Waals surface area contributed by atoms with E-state index in [0.717, 1.165) is 16.8 Å². The van der Waals surface area contributed by atoms with Gasteiger partial charge in [0.15, 0.2) is 0 Å². The van der Waals surface area contributed by atoms with Crippen LogP contribution in [0.25, 0.3) is 5.69 Å². The van der Waals surface area contributed by atoms with Crippen LogP contribution in [0.4, 0.5) is 24.7 Å². The van der Waals surface area contributed by atoms with Gasteiger partial charge in [-0.05, 0) is 47.0 Å². The van der Waals surface area contributed by atoms with Crippen LogP contribution in [-0.2, 0) is 15.8 Å². The highest BCUT2D eigenvalue weighted by atomic mass is 32.2. The molecule has 2 aliphatic rings. The number of piperazine rings is 1. The molecule has 1 saturated carbocycles. The zero-order valence-corrected chi connectivity index (χ0v) is 22.3. The number of hydrogen-bond acceptors (Lipinski definition) is 9. The zero-order valence-electron chi connectivity index (χ0n) is 21.5. The van der Waals surface area contributed by atoms with Gasteiger partial charge in [-0.2, -0.15) is 14.1 Å². The van der Waals surface area contributed by atoms with E-state index < -0.39 is 56.0 Å². The van der Waals surface area contributed by atoms with Crippen LogP contribution in [0.1, 0.15) is 24.8 Å². The van der Waals surface area contributed by atoms with Gasteiger partial charge in [0.2, 0.25) is 15.8 Å². The van der Waals surface area contributed by atoms with E-state index >= 15 is 0 Å². The molecule has 12 nitrogen and oxygen atoms in total. The highest BCUT2D eigenvalue weighted by Crippen LogP contribution is 2.32. The molecule has 1 aliphatic carbocycles. The lowest BCUT2D eigenvalue weighted by atomic mass is 10.2. The van der Waals surface area contributed by atoms with Gasteiger partial charge >= 0.3 is 11.4 Å². The molecule has 41 heavy (non-hydrogen) atoms. The second-order valence-corrected chi connectivity index (χ2v) is 11.7. The molecular formula is C25H25F3N6O6S. The van der Waals surface area contributed by atoms with Crippen LogP contribution in [0.5, 0.6) is 5.75 Å². The number of nitrogens with zero attached hydrogens (tertiary/aromatic N) is 6. The number of rotatable bonds is 8. The first kappa shape index (κ1) is 28.5. The Bertz CT molecular complexity index is 1610. The lowest BCUT2D eigenvalue weighted by molar-refractivity contribution is -0.390. The lowest BCUT2D eigenvalue weighted by Crippen LogP contribution is -2.49. The van der Waals surface area contributed by atoms with Crippen molar-refractivity contribution < 1.29 is 31.2 Å². The first-order valence-electron chi connectivity index (χ1n) is 12.7. The third-order valence-corrected chi connectivity index (χ3v) is 8.79. The maximum Gasteiger partial charge on any atom is 0.367 e. The normalized spacial score (nSPS) is 19.8. The summed E-state index contributed by atoms with van der Waals surface area (Å²) < 4.78 is 75.7. The van der Waals surface area contributed by atoms with Crippen molar-refractivity contribution in [3.05, 3.63) is 80.4 Å². The number of halogens is 3. The molecule has 2 unspecified atom stereocenters. The monoisotopic (exact) mass is 594 g/mol. The minimum Gasteiger partial charge on any atom is -0.483 e. The van der Waals surface area contributed by atoms with Gasteiger partial charge in [0.05, 0.1) is 23.2 Å². The summed E-state index contributed by atoms with van der Waals surface area (Å²) >= 11 is 0. The Morgan fingerprint density at radius 2 is 1.80 bits per heavy atom. The molecule has 2 aromatic heterocycles. The molecule has 218 valence electrons. The fourth-order valence-corrected chi connectivity index (χ4v) is 6.50. The maximum atomic E-state index is 13.9. The van der Waals surface area contributed by atoms with Crippen molar-refractivity contribution in [3.63, 3.8) is 0 Å². The van der Waals surface area contributed by atoms with Gasteiger partial charge in [-0.15, -0.1) is 0 Å². The molecule has 2 fully saturated rings. The van der Waals surface area contributed by atoms with Crippen LogP contribution >= 0.6 is 0 Å². The lowest BCUT2D eigenvalue weighted by Gasteiger charge is -2.36. The Morgan fingerprint density at radius 1 is 1.10 bits per heavy atom. The first-order valence-corrected chi connectivity index (χ1v) is 14.3. The van der Waals surface area contributed by atoms with E-state index in [4.69, 9.17) is 4.74 Å². The topological polar surface area (TPSA) is 141 Å². The predicted molar refractivity (Wildman–Crippen MR) is 140 cm³/mol. The summed E-state index contributed by atoms with van der Waals surface area (Å²) in [6, 6.07) is 5.27. The molecule has 5 rings (SSSR count). The summed E-state index contributed by atoms with van der Waals surface area (Å²) in [5, 5.41) is 15.3. The fraction of sp³-hybridized carbons (Fsp3) is 0.400. The average molecular weight is 595 g/mol. The highest BCUT2D eigenvalue weighted by Gasteiger charge is 2.33. The minimum absolute atomic E-state index is 0.00991. The molecule has 0 radical (unpaired) electrons. The molecule has 3 heterocycles. The van der Waals surface area contributed by atoms with Gasteiger partial charge in [0, 0.05) is 38.7 Å². The van der Waals surface area contributed by atoms with Crippen LogP contribution in [0, 0.1) is 21.7 Å². The number of aromatic nitrogens is 3. The number of sulfonamides is 1. The summed E-state index contributed by atoms with van der Waals surface area (Å²) in [4.78, 5) is 29.3. The molecule has 0 N–H and O–H groups in total. The van der Waals surface area contributed by atoms with E-state index in [9.17, 15) is 36.5 Å². The average Bonchev–Trinajstić information content (AvgIpc) is 3.33. The first-order chi connectivity index (χ1) is 19.5. The smallest absolute Gasteiger partial charge is 0.367 e. The molecule has 16 heteroatoms. The molecule has 1 aromatic carbocycles. The predicted octanol–water partition coefficient (Wildman–Crippen LogP) is 2.74. The van der Waals surface area contributed by atoms with Crippen LogP contribution in [-0.4, -0.2) is 70.9 Å². The number of pyridine rings is 1. The number of nitro groups is 1. The Labute approximate surface area is 232 Å². The Hall–Kier alpha value is -4.05. The van der Waals surface area contributed by atoms with Crippen LogP contribution < -0.4 is 15.2 Å². The molecule has 3 aromatic rings. The third kappa shape index (κ3) is 6.17. The van der Waals surface area contributed by atoms with Gasteiger partial charge in [-0.3, -0.25) is 4.79 Å². The van der Waals surface area contributed by atoms with Crippen LogP contribution in [0.2, 0.25) is 0 Å². The van der Waals surface area contributed by atoms with Gasteiger partial charge in [0.1, 0.15) is 35.8 Å². The Kier molecular flexibility index (Phi) is 7.95. The quantitative estimate of drug-likeness (QED) is 0.284. The van der Waals surface area contributed by atoms with E-state index in [1.54, 1.807) is 4.90 Å². The summed E-state index contributed by atoms with van der Waals surface area (Å²) in [5.41, 5.74) is -0.793. The standard InChI is InChI=1S/C25H25F3N6O6S/c26-17-3-4-21(13-17)40-23-22(14-30-33(25(23)35)20-11-18(27)10-19(28)12-20)31-6-8-32(9-7-31)41(38,39)15-16-2-1-5-29-24(16)34(36)37/h1-2,5,10-12,14,17,21H,3-4,6-9,13,15H2. The van der Waals surface area contributed by atoms with Gasteiger partial charge in [-0.1, -0.05) is 0 Å². The van der Waals surface area contributed by atoms with Gasteiger partial charge in [-0.25, -0.2) is 21.6 Å². The summed E-state index contributed by atoms with van der Waals surface area (Å²) in [5.74, 6) is -3.16. The highest BCUT2D eigenvalue weighted by molar-refractivity contribution is 7.88. The molecule has 0 spiro atoms. The molecule has 1 aliphatic heterocycles. The third-order valence-electron chi connectivity index (χ3n) is 6.96. The summed E-state index contributed by atoms with van der Waals surface area (Å²) in [6.45, 7) is 0.204. The largest absolute Gasteiger partial charge is 0.483 e. The number of anilines is 1. The van der Waals surface area contributed by atoms with Crippen molar-refractivity contribution in [2.75, 3.05) is 31.1 Å². The second kappa shape index (κ2) is 11.4. The van der Waals surface area contributed by atoms with Crippen LogP contribution in [0.15, 0.2) is 47.5 Å². The van der Waals surface area contributed by atoms with Crippen LogP contribution in [0.3, 0.4) is 0 Å². The number of benzene rings is 1. The van der Waals surface area contributed by atoms with E-state index in [1.807, 2.05) is 0 Å². The van der Waals surface area contributed by atoms with Crippen molar-refractivity contribution >= 4 is 21.5 Å². The molecule has 2 atom stereocenters. The SMILES string of the molecule is O=c1c(OC2CCC(F)C2)c(N2CCN(S(=O)(=O)Cc3cccnc3[N+](=O)[O-])CC2)cnn1-c1cc(F)cc(F)c1. The molecule has 1 saturated heterocycles. The summed E-state index contributed by atoms with van der Waals surface area (Å²) in [6.07, 6.45) is 1.50. The number of alkyl halides is 1. The van der Waals surface area contributed by atoms with Gasteiger partial charge in [0.25, 0.3) is 0 Å². The van der Waals surface area contributed by atoms with E-state index in [1.165, 1.54) is 28.8 Å². The fourth-order valence-electron chi connectivity index (χ4n) is 4.97. The summed E-state index contributed by atoms with van der Waals surface area (Å²) in [7, 11) is -3.96. The zero-order chi connectivity index (χ0) is 29.3. The molecule has 0 amide bonds. The van der Waals surface area contributed by atoms with Crippen molar-refractivity contribution in [3.8, 4) is 11.4 Å². The molecular weight excluding hydrogens is 569 g/mol. The van der Waals surface area contributed by atoms with E-state index in [2.05, 4.69) is 10.1 Å². The number of ether oxygens (including phenoxy) is 1. The Balaban J connectivity index is 1.40. The van der Waals surface area contributed by atoms with E-state index in [0.29, 0.717) is 12.5 Å². The Morgan fingerprint density at radius 3 is 2.44 bits per heavy atom. The maximum absolute atomic E-state index is 13.9. The minimum atomic E-state index is -3.96. The van der Waals surface area contributed by atoms with Crippen molar-refractivity contribution in [2.24, 2.45) is 0 Å². The number of hydrogen-bond donors (Lipinski definition) is 0. The van der Waals surface area contributed by atoms with Crippen molar-refractivity contribution in [1.29, 1.82) is 0 Å². The van der Waals surface area contributed by atoms with Crippen molar-refractivity contribution in [1.82, 2.24) is 19.1 Å². The van der Waals surface area contributed by atoms with Crippen molar-refractivity contribution in [2.45, 2.75) is 37.3 Å². The van der Waals surface area contributed by atoms with Gasteiger partial charge < -0.3 is 19.8 Å². The van der Waals surface area contributed by atoms with E-state index in [-0.39, 0.29) is 61.7 Å². The second-order valence-electron chi connectivity index (χ2n) is 9.74. The molecule has 0 bridgehead atoms.